The van der Waals surface area contributed by atoms with Gasteiger partial charge in [0.15, 0.2) is 0 Å². The van der Waals surface area contributed by atoms with Gasteiger partial charge in [0, 0.05) is 17.4 Å². The van der Waals surface area contributed by atoms with Crippen LogP contribution < -0.4 is 10.6 Å². The molecule has 1 aliphatic carbocycles. The lowest BCUT2D eigenvalue weighted by Gasteiger charge is -2.34. The predicted octanol–water partition coefficient (Wildman–Crippen LogP) is 2.93. The van der Waals surface area contributed by atoms with Crippen molar-refractivity contribution in [2.24, 2.45) is 29.1 Å². The number of likely N-dealkylation sites (tertiary alicyclic amines) is 1. The van der Waals surface area contributed by atoms with Gasteiger partial charge >= 0.3 is 0 Å². The number of rotatable bonds is 9. The summed E-state index contributed by atoms with van der Waals surface area (Å²) >= 11 is 0. The third-order valence-corrected chi connectivity index (χ3v) is 8.17. The molecule has 5 atom stereocenters. The maximum absolute atomic E-state index is 13.9. The van der Waals surface area contributed by atoms with Gasteiger partial charge < -0.3 is 25.6 Å². The fourth-order valence-electron chi connectivity index (χ4n) is 5.83. The summed E-state index contributed by atoms with van der Waals surface area (Å²) < 4.78 is 0. The van der Waals surface area contributed by atoms with Gasteiger partial charge in [-0.1, -0.05) is 59.7 Å². The number of fused-ring (bicyclic) bond motifs is 2. The Bertz CT molecular complexity index is 1100. The number of nitrogens with zero attached hydrogens (tertiary/aromatic N) is 1. The maximum Gasteiger partial charge on any atom is 0.268 e. The monoisotopic (exact) mass is 496 g/mol. The number of carbonyl (C=O) groups is 3. The Morgan fingerprint density at radius 2 is 1.83 bits per heavy atom. The summed E-state index contributed by atoms with van der Waals surface area (Å²) in [7, 11) is 0. The molecule has 36 heavy (non-hydrogen) atoms. The molecule has 0 bridgehead atoms. The number of aromatic amines is 1. The summed E-state index contributed by atoms with van der Waals surface area (Å²) in [5.74, 6) is -0.235. The van der Waals surface area contributed by atoms with Gasteiger partial charge in [-0.05, 0) is 47.6 Å². The van der Waals surface area contributed by atoms with Gasteiger partial charge in [-0.3, -0.25) is 14.4 Å². The predicted molar refractivity (Wildman–Crippen MR) is 139 cm³/mol. The van der Waals surface area contributed by atoms with Crippen LogP contribution >= 0.6 is 0 Å². The zero-order chi connectivity index (χ0) is 26.4. The van der Waals surface area contributed by atoms with Crippen LogP contribution in [0.15, 0.2) is 30.3 Å². The molecule has 1 saturated heterocycles. The number of para-hydroxylation sites is 1. The first-order chi connectivity index (χ1) is 16.9. The van der Waals surface area contributed by atoms with Crippen LogP contribution in [-0.2, 0) is 9.59 Å². The van der Waals surface area contributed by atoms with E-state index in [9.17, 15) is 19.5 Å². The average molecular weight is 497 g/mol. The number of H-pyrrole nitrogens is 1. The van der Waals surface area contributed by atoms with E-state index in [1.54, 1.807) is 11.0 Å². The fraction of sp³-hybridized carbons (Fsp3) is 0.607. The molecule has 1 saturated carbocycles. The number of carbonyl (C=O) groups excluding carboxylic acids is 3. The number of aromatic nitrogens is 1. The standard InChI is InChI=1S/C28H40N4O4/c1-15(2)11-21(30-25(34)20-12-17-9-7-8-10-19(17)29-20)27(36)32-13-18-23(28(18,5)6)24(32)26(35)31-22(14-33)16(3)4/h7-10,12,15-16,18,21-24,29,33H,11,13-14H2,1-6H3,(H,30,34)(H,31,35)/t18-,21-,22+,23-,24-/m0/s1. The van der Waals surface area contributed by atoms with E-state index in [4.69, 9.17) is 0 Å². The second-order valence-corrected chi connectivity index (χ2v) is 11.9. The molecule has 0 radical (unpaired) electrons. The van der Waals surface area contributed by atoms with E-state index in [1.807, 2.05) is 52.0 Å². The van der Waals surface area contributed by atoms with Crippen LogP contribution in [0.25, 0.3) is 10.9 Å². The summed E-state index contributed by atoms with van der Waals surface area (Å²) in [5, 5.41) is 16.6. The van der Waals surface area contributed by atoms with E-state index in [1.165, 1.54) is 0 Å². The normalized spacial score (nSPS) is 24.0. The quantitative estimate of drug-likeness (QED) is 0.427. The van der Waals surface area contributed by atoms with Gasteiger partial charge in [-0.2, -0.15) is 0 Å². The molecular weight excluding hydrogens is 456 g/mol. The van der Waals surface area contributed by atoms with E-state index < -0.39 is 12.1 Å². The molecule has 0 unspecified atom stereocenters. The van der Waals surface area contributed by atoms with E-state index in [0.29, 0.717) is 18.7 Å². The van der Waals surface area contributed by atoms with E-state index in [-0.39, 0.29) is 59.5 Å². The highest BCUT2D eigenvalue weighted by atomic mass is 16.3. The molecule has 4 rings (SSSR count). The second-order valence-electron chi connectivity index (χ2n) is 11.9. The number of benzene rings is 1. The van der Waals surface area contributed by atoms with Gasteiger partial charge in [0.05, 0.1) is 12.6 Å². The third kappa shape index (κ3) is 4.88. The molecule has 0 spiro atoms. The topological polar surface area (TPSA) is 115 Å². The smallest absolute Gasteiger partial charge is 0.268 e. The first-order valence-corrected chi connectivity index (χ1v) is 13.1. The highest BCUT2D eigenvalue weighted by Gasteiger charge is 2.69. The minimum absolute atomic E-state index is 0.0214. The van der Waals surface area contributed by atoms with Crippen molar-refractivity contribution < 1.29 is 19.5 Å². The van der Waals surface area contributed by atoms with Crippen molar-refractivity contribution in [3.05, 3.63) is 36.0 Å². The molecule has 4 N–H and O–H groups in total. The van der Waals surface area contributed by atoms with Crippen molar-refractivity contribution >= 4 is 28.6 Å². The summed E-state index contributed by atoms with van der Waals surface area (Å²) in [6.45, 7) is 12.5. The Balaban J connectivity index is 1.55. The van der Waals surface area contributed by atoms with E-state index in [0.717, 1.165) is 10.9 Å². The molecule has 8 nitrogen and oxygen atoms in total. The van der Waals surface area contributed by atoms with E-state index in [2.05, 4.69) is 29.5 Å². The van der Waals surface area contributed by atoms with Crippen LogP contribution in [0.1, 0.15) is 58.5 Å². The lowest BCUT2D eigenvalue weighted by atomic mass is 9.97. The summed E-state index contributed by atoms with van der Waals surface area (Å²) in [6.07, 6.45) is 0.472. The highest BCUT2D eigenvalue weighted by Crippen LogP contribution is 2.65. The van der Waals surface area contributed by atoms with Gasteiger partial charge in [-0.15, -0.1) is 0 Å². The molecule has 2 heterocycles. The van der Waals surface area contributed by atoms with Crippen LogP contribution in [0.3, 0.4) is 0 Å². The Hall–Kier alpha value is -2.87. The van der Waals surface area contributed by atoms with Gasteiger partial charge in [0.2, 0.25) is 11.8 Å². The van der Waals surface area contributed by atoms with Crippen molar-refractivity contribution in [2.45, 2.75) is 66.1 Å². The van der Waals surface area contributed by atoms with Crippen molar-refractivity contribution in [3.63, 3.8) is 0 Å². The first kappa shape index (κ1) is 26.2. The molecule has 2 aromatic rings. The Kier molecular flexibility index (Phi) is 7.19. The highest BCUT2D eigenvalue weighted by molar-refractivity contribution is 6.01. The Morgan fingerprint density at radius 1 is 1.14 bits per heavy atom. The largest absolute Gasteiger partial charge is 0.394 e. The average Bonchev–Trinajstić information content (AvgIpc) is 3.21. The Morgan fingerprint density at radius 3 is 2.44 bits per heavy atom. The van der Waals surface area contributed by atoms with Crippen LogP contribution in [0.5, 0.6) is 0 Å². The number of piperidine rings is 1. The number of aliphatic hydroxyl groups excluding tert-OH is 1. The van der Waals surface area contributed by atoms with Crippen molar-refractivity contribution in [3.8, 4) is 0 Å². The van der Waals surface area contributed by atoms with Gasteiger partial charge in [-0.25, -0.2) is 0 Å². The zero-order valence-electron chi connectivity index (χ0n) is 22.2. The number of nitrogens with one attached hydrogen (secondary N) is 3. The molecule has 2 fully saturated rings. The molecule has 1 aromatic heterocycles. The number of amides is 3. The molecule has 1 aliphatic heterocycles. The van der Waals surface area contributed by atoms with E-state index >= 15 is 0 Å². The summed E-state index contributed by atoms with van der Waals surface area (Å²) in [6, 6.07) is 7.71. The first-order valence-electron chi connectivity index (χ1n) is 13.1. The minimum Gasteiger partial charge on any atom is -0.394 e. The third-order valence-electron chi connectivity index (χ3n) is 8.17. The zero-order valence-corrected chi connectivity index (χ0v) is 22.2. The molecule has 196 valence electrons. The molecule has 1 aromatic carbocycles. The second kappa shape index (κ2) is 9.88. The van der Waals surface area contributed by atoms with Crippen molar-refractivity contribution in [2.75, 3.05) is 13.2 Å². The van der Waals surface area contributed by atoms with Crippen LogP contribution in [0.4, 0.5) is 0 Å². The lowest BCUT2D eigenvalue weighted by molar-refractivity contribution is -0.142. The number of aliphatic hydroxyl groups is 1. The molecular formula is C28H40N4O4. The van der Waals surface area contributed by atoms with Crippen LogP contribution in [0.2, 0.25) is 0 Å². The lowest BCUT2D eigenvalue weighted by Crippen LogP contribution is -2.57. The van der Waals surface area contributed by atoms with Crippen molar-refractivity contribution in [1.29, 1.82) is 0 Å². The minimum atomic E-state index is -0.737. The van der Waals surface area contributed by atoms with Crippen molar-refractivity contribution in [1.82, 2.24) is 20.5 Å². The van der Waals surface area contributed by atoms with Crippen LogP contribution in [0, 0.1) is 29.1 Å². The van der Waals surface area contributed by atoms with Gasteiger partial charge in [0.1, 0.15) is 17.8 Å². The van der Waals surface area contributed by atoms with Crippen LogP contribution in [-0.4, -0.2) is 64.0 Å². The molecule has 2 aliphatic rings. The number of hydrogen-bond donors (Lipinski definition) is 4. The Labute approximate surface area is 213 Å². The molecule has 3 amide bonds. The number of hydrogen-bond acceptors (Lipinski definition) is 4. The van der Waals surface area contributed by atoms with Gasteiger partial charge in [0.25, 0.3) is 5.91 Å². The molecule has 8 heteroatoms. The fourth-order valence-corrected chi connectivity index (χ4v) is 5.83. The maximum atomic E-state index is 13.9. The summed E-state index contributed by atoms with van der Waals surface area (Å²) in [5.41, 5.74) is 1.24. The SMILES string of the molecule is CC(C)C[C@H](NC(=O)c1cc2ccccc2[nH]1)C(=O)N1C[C@H]2[C@@H]([C@H]1C(=O)N[C@H](CO)C(C)C)C2(C)C. The summed E-state index contributed by atoms with van der Waals surface area (Å²) in [4.78, 5) is 45.3.